The standard InChI is InChI=1S/C16H12N4O2/c1-10-5-2-3-6-12(10)18-16-19-14(13-7-4-8-22-13)11(9-17)15(21)20-16/h2-8H,1H3,(H2,18,19,20,21). The van der Waals surface area contributed by atoms with E-state index in [0.717, 1.165) is 11.3 Å². The first-order chi connectivity index (χ1) is 10.7. The van der Waals surface area contributed by atoms with E-state index in [0.29, 0.717) is 5.76 Å². The van der Waals surface area contributed by atoms with Crippen molar-refractivity contribution in [2.45, 2.75) is 6.92 Å². The van der Waals surface area contributed by atoms with Crippen LogP contribution >= 0.6 is 0 Å². The highest BCUT2D eigenvalue weighted by Crippen LogP contribution is 2.22. The minimum absolute atomic E-state index is 0.0784. The van der Waals surface area contributed by atoms with Gasteiger partial charge in [0.1, 0.15) is 17.3 Å². The van der Waals surface area contributed by atoms with Crippen molar-refractivity contribution < 1.29 is 4.42 Å². The molecule has 0 saturated heterocycles. The highest BCUT2D eigenvalue weighted by molar-refractivity contribution is 5.65. The van der Waals surface area contributed by atoms with Crippen LogP contribution in [0.4, 0.5) is 11.6 Å². The lowest BCUT2D eigenvalue weighted by Gasteiger charge is -2.09. The van der Waals surface area contributed by atoms with E-state index in [-0.39, 0.29) is 17.2 Å². The molecule has 6 nitrogen and oxygen atoms in total. The number of nitrogens with one attached hydrogen (secondary N) is 2. The molecule has 3 rings (SSSR count). The summed E-state index contributed by atoms with van der Waals surface area (Å²) in [7, 11) is 0. The number of nitrogens with zero attached hydrogens (tertiary/aromatic N) is 2. The lowest BCUT2D eigenvalue weighted by molar-refractivity contribution is 0.579. The molecule has 0 aliphatic rings. The molecule has 0 atom stereocenters. The first-order valence-corrected chi connectivity index (χ1v) is 6.60. The highest BCUT2D eigenvalue weighted by Gasteiger charge is 2.15. The maximum absolute atomic E-state index is 12.1. The van der Waals surface area contributed by atoms with Crippen molar-refractivity contribution in [3.05, 3.63) is 64.1 Å². The van der Waals surface area contributed by atoms with Crippen LogP contribution in [0.25, 0.3) is 11.5 Å². The van der Waals surface area contributed by atoms with Gasteiger partial charge in [-0.1, -0.05) is 18.2 Å². The molecule has 6 heteroatoms. The molecule has 0 unspecified atom stereocenters. The molecule has 0 amide bonds. The number of benzene rings is 1. The lowest BCUT2D eigenvalue weighted by atomic mass is 10.2. The van der Waals surface area contributed by atoms with Crippen LogP contribution in [0.15, 0.2) is 51.9 Å². The predicted octanol–water partition coefficient (Wildman–Crippen LogP) is 2.95. The molecule has 108 valence electrons. The van der Waals surface area contributed by atoms with Gasteiger partial charge in [-0.25, -0.2) is 4.98 Å². The van der Waals surface area contributed by atoms with Crippen molar-refractivity contribution in [2.24, 2.45) is 0 Å². The number of nitriles is 1. The average Bonchev–Trinajstić information content (AvgIpc) is 3.03. The number of hydrogen-bond acceptors (Lipinski definition) is 5. The van der Waals surface area contributed by atoms with Gasteiger partial charge in [-0.15, -0.1) is 0 Å². The van der Waals surface area contributed by atoms with Crippen molar-refractivity contribution in [3.8, 4) is 17.5 Å². The van der Waals surface area contributed by atoms with E-state index in [1.807, 2.05) is 37.3 Å². The predicted molar refractivity (Wildman–Crippen MR) is 81.7 cm³/mol. The number of H-pyrrole nitrogens is 1. The number of anilines is 2. The van der Waals surface area contributed by atoms with Crippen LogP contribution in [0, 0.1) is 18.3 Å². The van der Waals surface area contributed by atoms with Gasteiger partial charge in [0.05, 0.1) is 6.26 Å². The Labute approximate surface area is 126 Å². The SMILES string of the molecule is Cc1ccccc1Nc1nc(-c2ccco2)c(C#N)c(=O)[nH]1. The van der Waals surface area contributed by atoms with Crippen LogP contribution in [0.1, 0.15) is 11.1 Å². The van der Waals surface area contributed by atoms with Crippen molar-refractivity contribution in [2.75, 3.05) is 5.32 Å². The number of rotatable bonds is 3. The van der Waals surface area contributed by atoms with Crippen molar-refractivity contribution in [1.29, 1.82) is 5.26 Å². The maximum Gasteiger partial charge on any atom is 0.271 e. The van der Waals surface area contributed by atoms with Gasteiger partial charge >= 0.3 is 0 Å². The summed E-state index contributed by atoms with van der Waals surface area (Å²) < 4.78 is 5.25. The molecule has 1 aromatic carbocycles. The fourth-order valence-electron chi connectivity index (χ4n) is 2.07. The Morgan fingerprint density at radius 3 is 2.77 bits per heavy atom. The van der Waals surface area contributed by atoms with Gasteiger partial charge < -0.3 is 9.73 Å². The third-order valence-electron chi connectivity index (χ3n) is 3.18. The molecule has 0 saturated carbocycles. The maximum atomic E-state index is 12.1. The number of para-hydroxylation sites is 1. The van der Waals surface area contributed by atoms with Crippen molar-refractivity contribution in [3.63, 3.8) is 0 Å². The zero-order chi connectivity index (χ0) is 15.5. The smallest absolute Gasteiger partial charge is 0.271 e. The van der Waals surface area contributed by atoms with Gasteiger partial charge in [0.25, 0.3) is 5.56 Å². The quantitative estimate of drug-likeness (QED) is 0.774. The van der Waals surface area contributed by atoms with E-state index in [4.69, 9.17) is 9.68 Å². The Morgan fingerprint density at radius 1 is 1.27 bits per heavy atom. The summed E-state index contributed by atoms with van der Waals surface area (Å²) in [6.45, 7) is 1.94. The van der Waals surface area contributed by atoms with Crippen LogP contribution in [-0.2, 0) is 0 Å². The van der Waals surface area contributed by atoms with Gasteiger partial charge in [-0.2, -0.15) is 5.26 Å². The summed E-state index contributed by atoms with van der Waals surface area (Å²) in [6, 6.07) is 12.8. The fraction of sp³-hybridized carbons (Fsp3) is 0.0625. The van der Waals surface area contributed by atoms with Gasteiger partial charge in [0.15, 0.2) is 5.76 Å². The first-order valence-electron chi connectivity index (χ1n) is 6.60. The van der Waals surface area contributed by atoms with Crippen LogP contribution in [0.5, 0.6) is 0 Å². The fourth-order valence-corrected chi connectivity index (χ4v) is 2.07. The molecule has 0 bridgehead atoms. The van der Waals surface area contributed by atoms with E-state index in [9.17, 15) is 4.79 Å². The molecule has 2 aromatic heterocycles. The largest absolute Gasteiger partial charge is 0.463 e. The number of aromatic amines is 1. The summed E-state index contributed by atoms with van der Waals surface area (Å²) >= 11 is 0. The second-order valence-electron chi connectivity index (χ2n) is 4.67. The molecule has 0 fully saturated rings. The van der Waals surface area contributed by atoms with Crippen LogP contribution in [-0.4, -0.2) is 9.97 Å². The van der Waals surface area contributed by atoms with Crippen LogP contribution in [0.2, 0.25) is 0 Å². The second kappa shape index (κ2) is 5.58. The molecule has 0 spiro atoms. The first kappa shape index (κ1) is 13.6. The monoisotopic (exact) mass is 292 g/mol. The molecular weight excluding hydrogens is 280 g/mol. The molecule has 2 heterocycles. The highest BCUT2D eigenvalue weighted by atomic mass is 16.3. The van der Waals surface area contributed by atoms with E-state index < -0.39 is 5.56 Å². The van der Waals surface area contributed by atoms with Gasteiger partial charge in [0.2, 0.25) is 5.95 Å². The number of aromatic nitrogens is 2. The summed E-state index contributed by atoms with van der Waals surface area (Å²) in [4.78, 5) is 18.9. The van der Waals surface area contributed by atoms with Gasteiger partial charge in [0, 0.05) is 5.69 Å². The van der Waals surface area contributed by atoms with Gasteiger partial charge in [-0.3, -0.25) is 9.78 Å². The zero-order valence-corrected chi connectivity index (χ0v) is 11.8. The number of furan rings is 1. The Bertz CT molecular complexity index is 905. The Morgan fingerprint density at radius 2 is 2.09 bits per heavy atom. The lowest BCUT2D eigenvalue weighted by Crippen LogP contribution is -2.16. The molecular formula is C16H12N4O2. The zero-order valence-electron chi connectivity index (χ0n) is 11.8. The van der Waals surface area contributed by atoms with Crippen molar-refractivity contribution >= 4 is 11.6 Å². The minimum atomic E-state index is -0.514. The summed E-state index contributed by atoms with van der Waals surface area (Å²) in [6.07, 6.45) is 1.47. The molecule has 2 N–H and O–H groups in total. The normalized spacial score (nSPS) is 10.2. The summed E-state index contributed by atoms with van der Waals surface area (Å²) in [5, 5.41) is 12.2. The molecule has 22 heavy (non-hydrogen) atoms. The van der Waals surface area contributed by atoms with Crippen molar-refractivity contribution in [1.82, 2.24) is 9.97 Å². The number of aryl methyl sites for hydroxylation is 1. The Kier molecular flexibility index (Phi) is 3.46. The van der Waals surface area contributed by atoms with E-state index >= 15 is 0 Å². The van der Waals surface area contributed by atoms with Crippen LogP contribution < -0.4 is 10.9 Å². The van der Waals surface area contributed by atoms with Gasteiger partial charge in [-0.05, 0) is 30.7 Å². The number of hydrogen-bond donors (Lipinski definition) is 2. The van der Waals surface area contributed by atoms with E-state index in [2.05, 4.69) is 15.3 Å². The minimum Gasteiger partial charge on any atom is -0.463 e. The van der Waals surface area contributed by atoms with Crippen LogP contribution in [0.3, 0.4) is 0 Å². The molecule has 0 radical (unpaired) electrons. The summed E-state index contributed by atoms with van der Waals surface area (Å²) in [5.74, 6) is 0.625. The third-order valence-corrected chi connectivity index (χ3v) is 3.18. The topological polar surface area (TPSA) is 94.7 Å². The second-order valence-corrected chi connectivity index (χ2v) is 4.67. The third kappa shape index (κ3) is 2.47. The summed E-state index contributed by atoms with van der Waals surface area (Å²) in [5.41, 5.74) is 1.45. The Hall–Kier alpha value is -3.33. The van der Waals surface area contributed by atoms with E-state index in [1.165, 1.54) is 6.26 Å². The molecule has 0 aliphatic heterocycles. The average molecular weight is 292 g/mol. The molecule has 3 aromatic rings. The Balaban J connectivity index is 2.10. The molecule has 0 aliphatic carbocycles. The van der Waals surface area contributed by atoms with E-state index in [1.54, 1.807) is 12.1 Å².